The first kappa shape index (κ1) is 17.6. The second-order valence-corrected chi connectivity index (χ2v) is 6.57. The molecule has 2 aliphatic rings. The van der Waals surface area contributed by atoms with Crippen LogP contribution in [0.15, 0.2) is 35.4 Å². The second kappa shape index (κ2) is 8.76. The van der Waals surface area contributed by atoms with Crippen LogP contribution in [-0.2, 0) is 20.7 Å². The molecule has 2 amide bonds. The molecular formula is C19H25N3O3. The molecule has 1 atom stereocenters. The second-order valence-electron chi connectivity index (χ2n) is 6.57. The molecule has 0 spiro atoms. The van der Waals surface area contributed by atoms with E-state index in [4.69, 9.17) is 4.74 Å². The monoisotopic (exact) mass is 343 g/mol. The van der Waals surface area contributed by atoms with E-state index in [1.165, 1.54) is 5.56 Å². The van der Waals surface area contributed by atoms with Crippen molar-refractivity contribution in [1.29, 1.82) is 0 Å². The summed E-state index contributed by atoms with van der Waals surface area (Å²) in [5.41, 5.74) is 4.68. The highest BCUT2D eigenvalue weighted by Crippen LogP contribution is 2.14. The van der Waals surface area contributed by atoms with Gasteiger partial charge in [0.2, 0.25) is 11.8 Å². The Hall–Kier alpha value is -2.21. The van der Waals surface area contributed by atoms with Gasteiger partial charge in [-0.3, -0.25) is 9.59 Å². The van der Waals surface area contributed by atoms with Crippen molar-refractivity contribution in [3.05, 3.63) is 35.9 Å². The van der Waals surface area contributed by atoms with Crippen molar-refractivity contribution in [2.75, 3.05) is 19.7 Å². The quantitative estimate of drug-likeness (QED) is 0.857. The maximum atomic E-state index is 12.5. The van der Waals surface area contributed by atoms with Crippen LogP contribution in [0.1, 0.15) is 37.7 Å². The molecule has 1 N–H and O–H groups in total. The number of morpholine rings is 1. The number of benzene rings is 1. The first-order valence-electron chi connectivity index (χ1n) is 8.98. The summed E-state index contributed by atoms with van der Waals surface area (Å²) >= 11 is 0. The zero-order valence-electron chi connectivity index (χ0n) is 14.4. The molecule has 0 aromatic heterocycles. The molecule has 6 nitrogen and oxygen atoms in total. The number of nitrogens with zero attached hydrogens (tertiary/aromatic N) is 2. The molecule has 2 heterocycles. The van der Waals surface area contributed by atoms with Crippen LogP contribution in [-0.4, -0.2) is 48.2 Å². The molecule has 1 saturated heterocycles. The summed E-state index contributed by atoms with van der Waals surface area (Å²) in [6.07, 6.45) is 4.17. The summed E-state index contributed by atoms with van der Waals surface area (Å²) in [6.45, 7) is 1.92. The molecule has 3 rings (SSSR count). The lowest BCUT2D eigenvalue weighted by Crippen LogP contribution is -2.45. The summed E-state index contributed by atoms with van der Waals surface area (Å²) in [5, 5.41) is 4.03. The normalized spacial score (nSPS) is 20.8. The highest BCUT2D eigenvalue weighted by Gasteiger charge is 2.24. The van der Waals surface area contributed by atoms with Crippen molar-refractivity contribution < 1.29 is 14.3 Å². The lowest BCUT2D eigenvalue weighted by molar-refractivity contribution is -0.138. The summed E-state index contributed by atoms with van der Waals surface area (Å²) in [6, 6.07) is 10.3. The van der Waals surface area contributed by atoms with Crippen LogP contribution in [0.5, 0.6) is 0 Å². The molecule has 0 bridgehead atoms. The molecule has 1 fully saturated rings. The number of carbonyl (C=O) groups excluding carboxylic acids is 2. The van der Waals surface area contributed by atoms with Crippen molar-refractivity contribution in [3.8, 4) is 0 Å². The minimum atomic E-state index is -0.0514. The minimum Gasteiger partial charge on any atom is -0.375 e. The van der Waals surface area contributed by atoms with Crippen LogP contribution >= 0.6 is 0 Å². The van der Waals surface area contributed by atoms with Crippen molar-refractivity contribution >= 4 is 17.5 Å². The molecule has 1 aromatic carbocycles. The number of aryl methyl sites for hydroxylation is 1. The van der Waals surface area contributed by atoms with Crippen LogP contribution in [0.4, 0.5) is 0 Å². The highest BCUT2D eigenvalue weighted by molar-refractivity contribution is 5.94. The molecule has 0 saturated carbocycles. The van der Waals surface area contributed by atoms with Gasteiger partial charge in [0.15, 0.2) is 0 Å². The van der Waals surface area contributed by atoms with Gasteiger partial charge in [-0.2, -0.15) is 5.10 Å². The number of hydrogen-bond acceptors (Lipinski definition) is 4. The van der Waals surface area contributed by atoms with E-state index in [-0.39, 0.29) is 17.9 Å². The largest absolute Gasteiger partial charge is 0.375 e. The van der Waals surface area contributed by atoms with E-state index in [0.717, 1.165) is 18.6 Å². The van der Waals surface area contributed by atoms with E-state index in [1.807, 2.05) is 23.1 Å². The summed E-state index contributed by atoms with van der Waals surface area (Å²) in [5.74, 6) is 0.0946. The van der Waals surface area contributed by atoms with Gasteiger partial charge in [-0.25, -0.2) is 5.43 Å². The topological polar surface area (TPSA) is 71.0 Å². The molecule has 134 valence electrons. The summed E-state index contributed by atoms with van der Waals surface area (Å²) in [7, 11) is 0. The maximum absolute atomic E-state index is 12.5. The Kier molecular flexibility index (Phi) is 6.17. The van der Waals surface area contributed by atoms with Gasteiger partial charge in [0, 0.05) is 31.6 Å². The zero-order chi connectivity index (χ0) is 17.5. The third-order valence-electron chi connectivity index (χ3n) is 4.70. The fraction of sp³-hybridized carbons (Fsp3) is 0.526. The predicted molar refractivity (Wildman–Crippen MR) is 95.1 cm³/mol. The number of hydrazone groups is 1. The SMILES string of the molecule is O=C1CCC(CCC(=O)N2CCO[C@H](CCc3ccccc3)C2)=NN1. The Morgan fingerprint density at radius 3 is 2.84 bits per heavy atom. The van der Waals surface area contributed by atoms with Crippen molar-refractivity contribution in [3.63, 3.8) is 0 Å². The lowest BCUT2D eigenvalue weighted by atomic mass is 10.0. The first-order chi connectivity index (χ1) is 12.2. The molecule has 25 heavy (non-hydrogen) atoms. The van der Waals surface area contributed by atoms with Crippen LogP contribution < -0.4 is 5.43 Å². The van der Waals surface area contributed by atoms with Crippen molar-refractivity contribution in [2.45, 2.75) is 44.6 Å². The smallest absolute Gasteiger partial charge is 0.240 e. The Labute approximate surface area is 148 Å². The van der Waals surface area contributed by atoms with Gasteiger partial charge in [-0.05, 0) is 31.2 Å². The fourth-order valence-electron chi connectivity index (χ4n) is 3.19. The molecule has 0 radical (unpaired) electrons. The average molecular weight is 343 g/mol. The van der Waals surface area contributed by atoms with Crippen LogP contribution in [0, 0.1) is 0 Å². The summed E-state index contributed by atoms with van der Waals surface area (Å²) in [4.78, 5) is 25.4. The Morgan fingerprint density at radius 2 is 2.08 bits per heavy atom. The number of ether oxygens (including phenoxy) is 1. The number of nitrogens with one attached hydrogen (secondary N) is 1. The van der Waals surface area contributed by atoms with E-state index >= 15 is 0 Å². The first-order valence-corrected chi connectivity index (χ1v) is 8.98. The van der Waals surface area contributed by atoms with Gasteiger partial charge in [0.25, 0.3) is 0 Å². The molecule has 0 aliphatic carbocycles. The minimum absolute atomic E-state index is 0.0514. The van der Waals surface area contributed by atoms with Crippen molar-refractivity contribution in [2.24, 2.45) is 5.10 Å². The van der Waals surface area contributed by atoms with Gasteiger partial charge >= 0.3 is 0 Å². The van der Waals surface area contributed by atoms with Gasteiger partial charge in [0.05, 0.1) is 12.7 Å². The van der Waals surface area contributed by atoms with E-state index in [9.17, 15) is 9.59 Å². The van der Waals surface area contributed by atoms with Crippen LogP contribution in [0.25, 0.3) is 0 Å². The Balaban J connectivity index is 1.42. The Bertz CT molecular complexity index is 630. The molecule has 6 heteroatoms. The van der Waals surface area contributed by atoms with Gasteiger partial charge in [-0.1, -0.05) is 30.3 Å². The maximum Gasteiger partial charge on any atom is 0.240 e. The predicted octanol–water partition coefficient (Wildman–Crippen LogP) is 1.89. The van der Waals surface area contributed by atoms with Gasteiger partial charge in [-0.15, -0.1) is 0 Å². The number of carbonyl (C=O) groups is 2. The third-order valence-corrected chi connectivity index (χ3v) is 4.70. The lowest BCUT2D eigenvalue weighted by Gasteiger charge is -2.33. The van der Waals surface area contributed by atoms with E-state index in [1.54, 1.807) is 0 Å². The van der Waals surface area contributed by atoms with E-state index in [2.05, 4.69) is 22.7 Å². The molecule has 2 aliphatic heterocycles. The van der Waals surface area contributed by atoms with Crippen LogP contribution in [0.2, 0.25) is 0 Å². The third kappa shape index (κ3) is 5.39. The molecule has 0 unspecified atom stereocenters. The van der Waals surface area contributed by atoms with E-state index < -0.39 is 0 Å². The number of rotatable bonds is 6. The molecule has 1 aromatic rings. The molecular weight excluding hydrogens is 318 g/mol. The zero-order valence-corrected chi connectivity index (χ0v) is 14.4. The van der Waals surface area contributed by atoms with Gasteiger partial charge < -0.3 is 9.64 Å². The van der Waals surface area contributed by atoms with E-state index in [0.29, 0.717) is 45.4 Å². The summed E-state index contributed by atoms with van der Waals surface area (Å²) < 4.78 is 5.82. The van der Waals surface area contributed by atoms with Gasteiger partial charge in [0.1, 0.15) is 0 Å². The van der Waals surface area contributed by atoms with Crippen LogP contribution in [0.3, 0.4) is 0 Å². The standard InChI is InChI=1S/C19H25N3O3/c23-18-10-7-16(20-21-18)8-11-19(24)22-12-13-25-17(14-22)9-6-15-4-2-1-3-5-15/h1-5,17H,6-14H2,(H,21,23)/t17-/m1/s1. The highest BCUT2D eigenvalue weighted by atomic mass is 16.5. The number of amides is 2. The van der Waals surface area contributed by atoms with Crippen molar-refractivity contribution in [1.82, 2.24) is 10.3 Å². The Morgan fingerprint density at radius 1 is 1.24 bits per heavy atom. The fourth-order valence-corrected chi connectivity index (χ4v) is 3.19. The average Bonchev–Trinajstić information content (AvgIpc) is 2.67. The number of hydrogen-bond donors (Lipinski definition) is 1.